The van der Waals surface area contributed by atoms with Gasteiger partial charge in [0.2, 0.25) is 26.0 Å². The molecule has 0 radical (unpaired) electrons. The Morgan fingerprint density at radius 2 is 1.41 bits per heavy atom. The molecule has 3 N–H and O–H groups in total. The Bertz CT molecular complexity index is 1860. The Labute approximate surface area is 407 Å². The summed E-state index contributed by atoms with van der Waals surface area (Å²) < 4.78 is 25.1. The standard InChI is InChI=1S/C51H85N5O11Si/c1-29(2)26-37-47(60)56-25-21-24-38(56)48(61)55(17)39(27-36-22-19-18-20-23-36)49(62)64-35(13)43(54-50(63)66-51(14,15)16)45(58)53-42(30(3)4)40(67-68(32(7)8,33(9)10)34(11)12)28-41(57)65-44(31(5)6)46(59)52-37/h18-20,22-23,29-35,37-40,42-44H,21,24-28H2,1-17H3,(H,52,59)(H,53,58)(H,54,63)/t35-,37+,38+,39+,40+,42-,43+,44+/m1/s1. The second-order valence-corrected chi connectivity index (χ2v) is 27.3. The minimum atomic E-state index is -2.82. The van der Waals surface area contributed by atoms with Gasteiger partial charge in [-0.2, -0.15) is 0 Å². The highest BCUT2D eigenvalue weighted by atomic mass is 28.4. The molecule has 0 saturated carbocycles. The lowest BCUT2D eigenvalue weighted by atomic mass is 9.95. The molecule has 2 heterocycles. The second kappa shape index (κ2) is 24.9. The number of esters is 2. The third-order valence-electron chi connectivity index (χ3n) is 13.2. The van der Waals surface area contributed by atoms with E-state index in [-0.39, 0.29) is 54.3 Å². The van der Waals surface area contributed by atoms with E-state index in [1.54, 1.807) is 34.6 Å². The van der Waals surface area contributed by atoms with E-state index < -0.39 is 110 Å². The van der Waals surface area contributed by atoms with Crippen LogP contribution in [0.15, 0.2) is 30.3 Å². The predicted molar refractivity (Wildman–Crippen MR) is 264 cm³/mol. The average Bonchev–Trinajstić information content (AvgIpc) is 3.72. The first-order chi connectivity index (χ1) is 31.5. The van der Waals surface area contributed by atoms with E-state index in [4.69, 9.17) is 18.6 Å². The molecule has 1 aromatic carbocycles. The van der Waals surface area contributed by atoms with E-state index in [1.165, 1.54) is 23.8 Å². The van der Waals surface area contributed by atoms with Gasteiger partial charge in [-0.25, -0.2) is 9.59 Å². The second-order valence-electron chi connectivity index (χ2n) is 21.9. The molecule has 384 valence electrons. The number of hydrogen-bond donors (Lipinski definition) is 3. The summed E-state index contributed by atoms with van der Waals surface area (Å²) in [6, 6.07) is 3.43. The molecule has 0 spiro atoms. The molecular weight excluding hydrogens is 887 g/mol. The van der Waals surface area contributed by atoms with Crippen molar-refractivity contribution in [1.29, 1.82) is 0 Å². The summed E-state index contributed by atoms with van der Waals surface area (Å²) >= 11 is 0. The summed E-state index contributed by atoms with van der Waals surface area (Å²) in [7, 11) is -1.33. The smallest absolute Gasteiger partial charge is 0.408 e. The highest BCUT2D eigenvalue weighted by Crippen LogP contribution is 2.44. The van der Waals surface area contributed by atoms with E-state index in [1.807, 2.05) is 58.0 Å². The number of amides is 5. The van der Waals surface area contributed by atoms with Crippen molar-refractivity contribution >= 4 is 50.0 Å². The van der Waals surface area contributed by atoms with Crippen molar-refractivity contribution in [2.24, 2.45) is 17.8 Å². The third-order valence-corrected chi connectivity index (χ3v) is 19.3. The summed E-state index contributed by atoms with van der Waals surface area (Å²) in [5.74, 6) is -4.89. The molecule has 68 heavy (non-hydrogen) atoms. The van der Waals surface area contributed by atoms with Crippen molar-refractivity contribution < 1.29 is 52.2 Å². The van der Waals surface area contributed by atoms with Crippen molar-refractivity contribution in [1.82, 2.24) is 25.8 Å². The molecule has 0 bridgehead atoms. The highest BCUT2D eigenvalue weighted by Gasteiger charge is 2.50. The number of likely N-dealkylation sites (N-methyl/N-ethyl adjacent to an activating group) is 1. The van der Waals surface area contributed by atoms with Crippen LogP contribution in [0.5, 0.6) is 0 Å². The molecule has 17 heteroatoms. The van der Waals surface area contributed by atoms with Crippen molar-refractivity contribution in [3.05, 3.63) is 35.9 Å². The largest absolute Gasteiger partial charge is 0.458 e. The molecule has 3 rings (SSSR count). The summed E-state index contributed by atoms with van der Waals surface area (Å²) in [6.07, 6.45) is -3.83. The molecule has 5 amide bonds. The molecule has 2 aliphatic rings. The van der Waals surface area contributed by atoms with Crippen LogP contribution in [0.4, 0.5) is 4.79 Å². The Balaban J connectivity index is 2.34. The Kier molecular flexibility index (Phi) is 21.1. The zero-order valence-electron chi connectivity index (χ0n) is 44.1. The number of nitrogens with zero attached hydrogens (tertiary/aromatic N) is 2. The van der Waals surface area contributed by atoms with Crippen LogP contribution in [0.2, 0.25) is 16.6 Å². The minimum Gasteiger partial charge on any atom is -0.458 e. The first kappa shape index (κ1) is 57.8. The van der Waals surface area contributed by atoms with E-state index >= 15 is 0 Å². The number of cyclic esters (lactones) is 2. The van der Waals surface area contributed by atoms with Crippen molar-refractivity contribution in [3.63, 3.8) is 0 Å². The van der Waals surface area contributed by atoms with Crippen LogP contribution < -0.4 is 16.0 Å². The van der Waals surface area contributed by atoms with Crippen molar-refractivity contribution in [2.75, 3.05) is 13.6 Å². The number of carbonyl (C=O) groups is 7. The third kappa shape index (κ3) is 15.2. The average molecular weight is 972 g/mol. The quantitative estimate of drug-likeness (QED) is 0.110. The van der Waals surface area contributed by atoms with Crippen LogP contribution in [-0.2, 0) is 53.8 Å². The maximum atomic E-state index is 14.9. The van der Waals surface area contributed by atoms with Gasteiger partial charge in [0.25, 0.3) is 5.91 Å². The van der Waals surface area contributed by atoms with Crippen LogP contribution >= 0.6 is 0 Å². The van der Waals surface area contributed by atoms with Crippen LogP contribution in [-0.4, -0.2) is 127 Å². The number of rotatable bonds is 12. The van der Waals surface area contributed by atoms with Gasteiger partial charge in [0, 0.05) is 20.0 Å². The molecule has 2 saturated heterocycles. The molecule has 0 aliphatic carbocycles. The van der Waals surface area contributed by atoms with Gasteiger partial charge in [-0.15, -0.1) is 0 Å². The molecule has 0 aromatic heterocycles. The number of benzene rings is 1. The Morgan fingerprint density at radius 1 is 0.824 bits per heavy atom. The SMILES string of the molecule is CC(C)C[C@@H]1NC(=O)[C@H](C(C)C)OC(=O)C[C@H](O[Si](C(C)C)(C(C)C)C(C)C)[C@@H](C(C)C)NC(=O)[C@@H](NC(=O)OC(C)(C)C)[C@@H](C)OC(=O)[C@H](Cc2ccccc2)N(C)C(=O)[C@@H]2CCCN2C1=O. The van der Waals surface area contributed by atoms with Gasteiger partial charge >= 0.3 is 18.0 Å². The van der Waals surface area contributed by atoms with E-state index in [9.17, 15) is 33.6 Å². The maximum absolute atomic E-state index is 14.9. The lowest BCUT2D eigenvalue weighted by molar-refractivity contribution is -0.161. The van der Waals surface area contributed by atoms with Crippen molar-refractivity contribution in [2.45, 2.75) is 214 Å². The predicted octanol–water partition coefficient (Wildman–Crippen LogP) is 7.08. The molecule has 2 fully saturated rings. The fourth-order valence-corrected chi connectivity index (χ4v) is 15.5. The molecule has 0 unspecified atom stereocenters. The number of hydrogen-bond acceptors (Lipinski definition) is 11. The zero-order chi connectivity index (χ0) is 51.6. The highest BCUT2D eigenvalue weighted by molar-refractivity contribution is 6.77. The van der Waals surface area contributed by atoms with Crippen molar-refractivity contribution in [3.8, 4) is 0 Å². The van der Waals surface area contributed by atoms with Crippen LogP contribution in [0.25, 0.3) is 0 Å². The fraction of sp³-hybridized carbons (Fsp3) is 0.745. The zero-order valence-corrected chi connectivity index (χ0v) is 45.1. The number of nitrogens with one attached hydrogen (secondary N) is 3. The van der Waals surface area contributed by atoms with Gasteiger partial charge in [0.15, 0.2) is 6.10 Å². The summed E-state index contributed by atoms with van der Waals surface area (Å²) in [4.78, 5) is 104. The molecule has 16 nitrogen and oxygen atoms in total. The molecule has 2 aliphatic heterocycles. The van der Waals surface area contributed by atoms with Gasteiger partial charge in [0.1, 0.15) is 35.9 Å². The first-order valence-electron chi connectivity index (χ1n) is 24.8. The van der Waals surface area contributed by atoms with E-state index in [2.05, 4.69) is 57.5 Å². The molecular formula is C51H85N5O11Si. The van der Waals surface area contributed by atoms with Gasteiger partial charge in [-0.3, -0.25) is 24.0 Å². The van der Waals surface area contributed by atoms with Gasteiger partial charge < -0.3 is 44.4 Å². The number of ether oxygens (including phenoxy) is 3. The maximum Gasteiger partial charge on any atom is 0.408 e. The summed E-state index contributed by atoms with van der Waals surface area (Å²) in [6.45, 7) is 30.5. The van der Waals surface area contributed by atoms with E-state index in [0.717, 1.165) is 5.56 Å². The minimum absolute atomic E-state index is 0.0317. The summed E-state index contributed by atoms with van der Waals surface area (Å²) in [5.41, 5.74) is -0.0203. The van der Waals surface area contributed by atoms with Gasteiger partial charge in [0.05, 0.1) is 18.6 Å². The number of carbonyl (C=O) groups excluding carboxylic acids is 7. The lowest BCUT2D eigenvalue weighted by Gasteiger charge is -2.46. The van der Waals surface area contributed by atoms with Gasteiger partial charge in [-0.05, 0) is 86.9 Å². The van der Waals surface area contributed by atoms with Crippen LogP contribution in [0, 0.1) is 17.8 Å². The monoisotopic (exact) mass is 972 g/mol. The Morgan fingerprint density at radius 3 is 1.93 bits per heavy atom. The normalized spacial score (nSPS) is 25.9. The molecule has 8 atom stereocenters. The van der Waals surface area contributed by atoms with E-state index in [0.29, 0.717) is 12.8 Å². The Hall–Kier alpha value is -4.51. The van der Waals surface area contributed by atoms with Gasteiger partial charge in [-0.1, -0.05) is 113 Å². The number of alkyl carbamates (subject to hydrolysis) is 1. The summed E-state index contributed by atoms with van der Waals surface area (Å²) in [5, 5.41) is 8.63. The first-order valence-corrected chi connectivity index (χ1v) is 26.9. The topological polar surface area (TPSA) is 199 Å². The molecule has 1 aromatic rings. The number of fused-ring (bicyclic) bond motifs is 1. The lowest BCUT2D eigenvalue weighted by Crippen LogP contribution is -2.61. The fourth-order valence-electron chi connectivity index (χ4n) is 9.90. The van der Waals surface area contributed by atoms with Crippen LogP contribution in [0.1, 0.15) is 142 Å². The van der Waals surface area contributed by atoms with Crippen LogP contribution in [0.3, 0.4) is 0 Å².